The minimum absolute atomic E-state index is 0.496. The Morgan fingerprint density at radius 1 is 1.45 bits per heavy atom. The van der Waals surface area contributed by atoms with Crippen LogP contribution in [0.5, 0.6) is 0 Å². The molecule has 1 atom stereocenters. The molecule has 3 rings (SSSR count). The molecule has 0 aliphatic heterocycles. The second-order valence-electron chi connectivity index (χ2n) is 5.59. The second kappa shape index (κ2) is 5.26. The van der Waals surface area contributed by atoms with Gasteiger partial charge in [0, 0.05) is 19.6 Å². The Labute approximate surface area is 119 Å². The predicted molar refractivity (Wildman–Crippen MR) is 81.1 cm³/mol. The molecular formula is C14H22N6. The van der Waals surface area contributed by atoms with Crippen LogP contribution in [0.1, 0.15) is 33.1 Å². The van der Waals surface area contributed by atoms with Gasteiger partial charge < -0.3 is 15.2 Å². The Bertz CT molecular complexity index is 588. The highest BCUT2D eigenvalue weighted by Crippen LogP contribution is 2.37. The van der Waals surface area contributed by atoms with E-state index >= 15 is 0 Å². The molecule has 0 bridgehead atoms. The van der Waals surface area contributed by atoms with E-state index in [-0.39, 0.29) is 0 Å². The van der Waals surface area contributed by atoms with Crippen molar-refractivity contribution in [2.24, 2.45) is 5.92 Å². The van der Waals surface area contributed by atoms with Crippen LogP contribution in [0.15, 0.2) is 6.33 Å². The van der Waals surface area contributed by atoms with Gasteiger partial charge in [0.2, 0.25) is 5.95 Å². The van der Waals surface area contributed by atoms with Crippen molar-refractivity contribution < 1.29 is 0 Å². The maximum absolute atomic E-state index is 4.67. The summed E-state index contributed by atoms with van der Waals surface area (Å²) in [6.45, 7) is 5.26. The first-order chi connectivity index (χ1) is 9.70. The van der Waals surface area contributed by atoms with Crippen molar-refractivity contribution in [1.29, 1.82) is 0 Å². The molecule has 1 unspecified atom stereocenters. The van der Waals surface area contributed by atoms with E-state index in [0.717, 1.165) is 35.9 Å². The fraction of sp³-hybridized carbons (Fsp3) is 0.643. The van der Waals surface area contributed by atoms with Crippen molar-refractivity contribution in [3.63, 3.8) is 0 Å². The van der Waals surface area contributed by atoms with Crippen molar-refractivity contribution in [2.75, 3.05) is 23.8 Å². The number of anilines is 2. The SMILES string of the molecule is CCCNc1nc(N(C)C(C)C2CC2)c2[nH]cnc2n1. The van der Waals surface area contributed by atoms with E-state index < -0.39 is 0 Å². The van der Waals surface area contributed by atoms with Gasteiger partial charge in [0.15, 0.2) is 11.5 Å². The average molecular weight is 274 g/mol. The first-order valence-electron chi connectivity index (χ1n) is 7.38. The van der Waals surface area contributed by atoms with Gasteiger partial charge in [0.05, 0.1) is 6.33 Å². The van der Waals surface area contributed by atoms with Gasteiger partial charge in [0.25, 0.3) is 0 Å². The van der Waals surface area contributed by atoms with Gasteiger partial charge in [-0.2, -0.15) is 9.97 Å². The summed E-state index contributed by atoms with van der Waals surface area (Å²) in [5, 5.41) is 3.25. The van der Waals surface area contributed by atoms with Crippen molar-refractivity contribution in [1.82, 2.24) is 19.9 Å². The number of nitrogens with zero attached hydrogens (tertiary/aromatic N) is 4. The van der Waals surface area contributed by atoms with Crippen LogP contribution < -0.4 is 10.2 Å². The summed E-state index contributed by atoms with van der Waals surface area (Å²) >= 11 is 0. The lowest BCUT2D eigenvalue weighted by atomic mass is 10.2. The molecule has 0 aromatic carbocycles. The quantitative estimate of drug-likeness (QED) is 0.846. The van der Waals surface area contributed by atoms with Crippen molar-refractivity contribution in [2.45, 2.75) is 39.2 Å². The molecule has 0 amide bonds. The first kappa shape index (κ1) is 13.1. The van der Waals surface area contributed by atoms with Crippen molar-refractivity contribution >= 4 is 22.9 Å². The smallest absolute Gasteiger partial charge is 0.226 e. The van der Waals surface area contributed by atoms with Crippen LogP contribution in [0, 0.1) is 5.92 Å². The lowest BCUT2D eigenvalue weighted by molar-refractivity contribution is 0.605. The van der Waals surface area contributed by atoms with E-state index in [1.54, 1.807) is 6.33 Å². The molecule has 1 fully saturated rings. The molecule has 6 nitrogen and oxygen atoms in total. The second-order valence-corrected chi connectivity index (χ2v) is 5.59. The van der Waals surface area contributed by atoms with Crippen LogP contribution in [-0.2, 0) is 0 Å². The third-order valence-electron chi connectivity index (χ3n) is 4.05. The van der Waals surface area contributed by atoms with Crippen molar-refractivity contribution in [3.8, 4) is 0 Å². The lowest BCUT2D eigenvalue weighted by Crippen LogP contribution is -2.31. The molecule has 2 heterocycles. The molecule has 0 radical (unpaired) electrons. The van der Waals surface area contributed by atoms with Crippen LogP contribution in [-0.4, -0.2) is 39.6 Å². The molecular weight excluding hydrogens is 252 g/mol. The summed E-state index contributed by atoms with van der Waals surface area (Å²) in [6.07, 6.45) is 5.38. The topological polar surface area (TPSA) is 69.7 Å². The summed E-state index contributed by atoms with van der Waals surface area (Å²) in [6, 6.07) is 0.496. The molecule has 2 N–H and O–H groups in total. The highest BCUT2D eigenvalue weighted by Gasteiger charge is 2.32. The zero-order valence-corrected chi connectivity index (χ0v) is 12.3. The van der Waals surface area contributed by atoms with Gasteiger partial charge >= 0.3 is 0 Å². The molecule has 1 saturated carbocycles. The number of aromatic amines is 1. The van der Waals surface area contributed by atoms with E-state index in [1.165, 1.54) is 12.8 Å². The van der Waals surface area contributed by atoms with Gasteiger partial charge in [-0.05, 0) is 32.1 Å². The van der Waals surface area contributed by atoms with Crippen molar-refractivity contribution in [3.05, 3.63) is 6.33 Å². The predicted octanol–water partition coefficient (Wildman–Crippen LogP) is 2.41. The number of hydrogen-bond acceptors (Lipinski definition) is 5. The van der Waals surface area contributed by atoms with Gasteiger partial charge in [-0.25, -0.2) is 4.98 Å². The van der Waals surface area contributed by atoms with Crippen LogP contribution in [0.2, 0.25) is 0 Å². The molecule has 2 aromatic heterocycles. The van der Waals surface area contributed by atoms with E-state index in [2.05, 4.69) is 51.0 Å². The summed E-state index contributed by atoms with van der Waals surface area (Å²) < 4.78 is 0. The van der Waals surface area contributed by atoms with E-state index in [1.807, 2.05) is 0 Å². The number of rotatable bonds is 6. The van der Waals surface area contributed by atoms with Crippen LogP contribution >= 0.6 is 0 Å². The summed E-state index contributed by atoms with van der Waals surface area (Å²) in [5.41, 5.74) is 1.64. The van der Waals surface area contributed by atoms with E-state index in [9.17, 15) is 0 Å². The van der Waals surface area contributed by atoms with E-state index in [0.29, 0.717) is 12.0 Å². The number of nitrogens with one attached hydrogen (secondary N) is 2. The van der Waals surface area contributed by atoms with Gasteiger partial charge in [0.1, 0.15) is 5.52 Å². The average Bonchev–Trinajstić information content (AvgIpc) is 3.20. The normalized spacial score (nSPS) is 16.4. The number of imidazole rings is 1. The van der Waals surface area contributed by atoms with Crippen LogP contribution in [0.3, 0.4) is 0 Å². The zero-order chi connectivity index (χ0) is 14.1. The third-order valence-corrected chi connectivity index (χ3v) is 4.05. The Morgan fingerprint density at radius 2 is 2.25 bits per heavy atom. The molecule has 108 valence electrons. The van der Waals surface area contributed by atoms with Gasteiger partial charge in [-0.3, -0.25) is 0 Å². The Hall–Kier alpha value is -1.85. The van der Waals surface area contributed by atoms with E-state index in [4.69, 9.17) is 0 Å². The summed E-state index contributed by atoms with van der Waals surface area (Å²) in [4.78, 5) is 18.8. The highest BCUT2D eigenvalue weighted by molar-refractivity contribution is 5.84. The Morgan fingerprint density at radius 3 is 2.95 bits per heavy atom. The third kappa shape index (κ3) is 2.42. The summed E-state index contributed by atoms with van der Waals surface area (Å²) in [7, 11) is 2.11. The minimum Gasteiger partial charge on any atom is -0.355 e. The molecule has 0 spiro atoms. The van der Waals surface area contributed by atoms with Gasteiger partial charge in [-0.15, -0.1) is 0 Å². The molecule has 1 aliphatic carbocycles. The fourth-order valence-corrected chi connectivity index (χ4v) is 2.48. The zero-order valence-electron chi connectivity index (χ0n) is 12.3. The summed E-state index contributed by atoms with van der Waals surface area (Å²) in [5.74, 6) is 2.39. The van der Waals surface area contributed by atoms with Crippen LogP contribution in [0.25, 0.3) is 11.2 Å². The first-order valence-corrected chi connectivity index (χ1v) is 7.38. The monoisotopic (exact) mass is 274 g/mol. The fourth-order valence-electron chi connectivity index (χ4n) is 2.48. The highest BCUT2D eigenvalue weighted by atomic mass is 15.3. The number of hydrogen-bond donors (Lipinski definition) is 2. The molecule has 6 heteroatoms. The number of aromatic nitrogens is 4. The molecule has 2 aromatic rings. The molecule has 20 heavy (non-hydrogen) atoms. The minimum atomic E-state index is 0.496. The molecule has 1 aliphatic rings. The largest absolute Gasteiger partial charge is 0.355 e. The standard InChI is InChI=1S/C14H22N6/c1-4-7-15-14-18-12-11(16-8-17-12)13(19-14)20(3)9(2)10-5-6-10/h8-10H,4-7H2,1-3H3,(H2,15,16,17,18,19). The number of fused-ring (bicyclic) bond motifs is 1. The lowest BCUT2D eigenvalue weighted by Gasteiger charge is -2.26. The Kier molecular flexibility index (Phi) is 3.46. The Balaban J connectivity index is 1.95. The molecule has 0 saturated heterocycles. The van der Waals surface area contributed by atoms with Crippen LogP contribution in [0.4, 0.5) is 11.8 Å². The maximum atomic E-state index is 4.67. The maximum Gasteiger partial charge on any atom is 0.226 e. The van der Waals surface area contributed by atoms with Gasteiger partial charge in [-0.1, -0.05) is 6.92 Å². The number of H-pyrrole nitrogens is 1.